The van der Waals surface area contributed by atoms with E-state index in [4.69, 9.17) is 11.6 Å². The van der Waals surface area contributed by atoms with Crippen molar-refractivity contribution in [1.29, 1.82) is 0 Å². The van der Waals surface area contributed by atoms with Gasteiger partial charge in [-0.15, -0.1) is 0 Å². The number of hydrogen-bond acceptors (Lipinski definition) is 1. The molecule has 0 fully saturated rings. The molecule has 0 aliphatic heterocycles. The third-order valence-corrected chi connectivity index (χ3v) is 3.27. The summed E-state index contributed by atoms with van der Waals surface area (Å²) in [6.07, 6.45) is 0.958. The Hall–Kier alpha value is -1.67. The number of rotatable bonds is 4. The molecule has 0 aliphatic rings. The third kappa shape index (κ3) is 3.45. The molecule has 0 atom stereocenters. The first-order chi connectivity index (χ1) is 9.47. The van der Waals surface area contributed by atoms with E-state index in [-0.39, 0.29) is 11.3 Å². The van der Waals surface area contributed by atoms with Crippen LogP contribution in [-0.2, 0) is 6.42 Å². The minimum atomic E-state index is -0.550. The number of carbonyl (C=O) groups excluding carboxylic acids is 1. The average Bonchev–Trinajstić information content (AvgIpc) is 2.41. The van der Waals surface area contributed by atoms with Crippen LogP contribution in [0.4, 0.5) is 4.39 Å². The van der Waals surface area contributed by atoms with E-state index in [1.54, 1.807) is 12.1 Å². The molecule has 104 valence electrons. The zero-order valence-electron chi connectivity index (χ0n) is 11.5. The zero-order chi connectivity index (χ0) is 14.7. The molecule has 1 nitrogen and oxygen atoms in total. The summed E-state index contributed by atoms with van der Waals surface area (Å²) in [5.74, 6) is -0.339. The smallest absolute Gasteiger partial charge is 0.196 e. The van der Waals surface area contributed by atoms with Gasteiger partial charge in [0.05, 0.1) is 5.56 Å². The van der Waals surface area contributed by atoms with Crippen LogP contribution in [0.1, 0.15) is 35.3 Å². The van der Waals surface area contributed by atoms with Gasteiger partial charge in [0.1, 0.15) is 5.82 Å². The summed E-state index contributed by atoms with van der Waals surface area (Å²) in [5, 5.41) is 0.353. The van der Waals surface area contributed by atoms with Crippen molar-refractivity contribution in [2.75, 3.05) is 0 Å². The molecule has 0 N–H and O–H groups in total. The van der Waals surface area contributed by atoms with Gasteiger partial charge in [0.15, 0.2) is 5.78 Å². The Morgan fingerprint density at radius 3 is 2.40 bits per heavy atom. The SMILES string of the molecule is CC(C)Cc1ccc(C(=O)c2cc(Cl)ccc2F)cc1. The molecule has 0 heterocycles. The second kappa shape index (κ2) is 6.19. The maximum atomic E-state index is 13.7. The van der Waals surface area contributed by atoms with E-state index in [0.717, 1.165) is 6.42 Å². The van der Waals surface area contributed by atoms with Crippen molar-refractivity contribution in [3.05, 3.63) is 70.0 Å². The number of benzene rings is 2. The summed E-state index contributed by atoms with van der Waals surface area (Å²) in [4.78, 5) is 12.3. The summed E-state index contributed by atoms with van der Waals surface area (Å²) in [6, 6.07) is 11.3. The predicted octanol–water partition coefficient (Wildman–Crippen LogP) is 4.91. The lowest BCUT2D eigenvalue weighted by Gasteiger charge is -2.07. The Labute approximate surface area is 123 Å². The highest BCUT2D eigenvalue weighted by Gasteiger charge is 2.14. The summed E-state index contributed by atoms with van der Waals surface area (Å²) in [7, 11) is 0. The van der Waals surface area contributed by atoms with Gasteiger partial charge in [-0.25, -0.2) is 4.39 Å². The zero-order valence-corrected chi connectivity index (χ0v) is 12.2. The number of carbonyl (C=O) groups is 1. The van der Waals surface area contributed by atoms with E-state index in [1.807, 2.05) is 12.1 Å². The van der Waals surface area contributed by atoms with Crippen LogP contribution >= 0.6 is 11.6 Å². The Kier molecular flexibility index (Phi) is 4.56. The van der Waals surface area contributed by atoms with Crippen LogP contribution in [0.25, 0.3) is 0 Å². The molecule has 0 amide bonds. The average molecular weight is 291 g/mol. The van der Waals surface area contributed by atoms with Gasteiger partial charge in [-0.1, -0.05) is 49.7 Å². The largest absolute Gasteiger partial charge is 0.288 e. The first-order valence-corrected chi connectivity index (χ1v) is 6.94. The van der Waals surface area contributed by atoms with Gasteiger partial charge in [-0.2, -0.15) is 0 Å². The van der Waals surface area contributed by atoms with E-state index in [0.29, 0.717) is 16.5 Å². The fraction of sp³-hybridized carbons (Fsp3) is 0.235. The number of ketones is 1. The second-order valence-corrected chi connectivity index (χ2v) is 5.68. The van der Waals surface area contributed by atoms with Crippen molar-refractivity contribution in [1.82, 2.24) is 0 Å². The van der Waals surface area contributed by atoms with E-state index in [1.165, 1.54) is 23.8 Å². The van der Waals surface area contributed by atoms with Crippen LogP contribution in [0, 0.1) is 11.7 Å². The van der Waals surface area contributed by atoms with Crippen LogP contribution in [0.15, 0.2) is 42.5 Å². The van der Waals surface area contributed by atoms with Gasteiger partial charge in [-0.05, 0) is 36.1 Å². The highest BCUT2D eigenvalue weighted by Crippen LogP contribution is 2.19. The van der Waals surface area contributed by atoms with Crippen LogP contribution in [-0.4, -0.2) is 5.78 Å². The number of hydrogen-bond donors (Lipinski definition) is 0. The second-order valence-electron chi connectivity index (χ2n) is 5.25. The molecule has 2 aromatic rings. The lowest BCUT2D eigenvalue weighted by Crippen LogP contribution is -2.04. The topological polar surface area (TPSA) is 17.1 Å². The van der Waals surface area contributed by atoms with Crippen LogP contribution in [0.2, 0.25) is 5.02 Å². The first-order valence-electron chi connectivity index (χ1n) is 6.56. The molecule has 3 heteroatoms. The molecule has 0 saturated heterocycles. The van der Waals surface area contributed by atoms with Gasteiger partial charge in [0.25, 0.3) is 0 Å². The Morgan fingerprint density at radius 1 is 1.15 bits per heavy atom. The fourth-order valence-corrected chi connectivity index (χ4v) is 2.26. The Morgan fingerprint density at radius 2 is 1.80 bits per heavy atom. The lowest BCUT2D eigenvalue weighted by molar-refractivity contribution is 0.103. The lowest BCUT2D eigenvalue weighted by atomic mass is 9.98. The molecular formula is C17H16ClFO. The molecule has 0 spiro atoms. The molecule has 0 saturated carbocycles. The molecule has 0 aliphatic carbocycles. The van der Waals surface area contributed by atoms with Gasteiger partial charge in [-0.3, -0.25) is 4.79 Å². The monoisotopic (exact) mass is 290 g/mol. The van der Waals surface area contributed by atoms with Crippen molar-refractivity contribution in [2.24, 2.45) is 5.92 Å². The molecule has 0 aromatic heterocycles. The van der Waals surface area contributed by atoms with Crippen molar-refractivity contribution in [3.63, 3.8) is 0 Å². The molecular weight excluding hydrogens is 275 g/mol. The highest BCUT2D eigenvalue weighted by molar-refractivity contribution is 6.31. The summed E-state index contributed by atoms with van der Waals surface area (Å²) in [6.45, 7) is 4.28. The molecule has 20 heavy (non-hydrogen) atoms. The van der Waals surface area contributed by atoms with E-state index in [9.17, 15) is 9.18 Å². The van der Waals surface area contributed by atoms with Crippen LogP contribution in [0.3, 0.4) is 0 Å². The van der Waals surface area contributed by atoms with E-state index < -0.39 is 5.82 Å². The molecule has 0 unspecified atom stereocenters. The third-order valence-electron chi connectivity index (χ3n) is 3.03. The highest BCUT2D eigenvalue weighted by atomic mass is 35.5. The quantitative estimate of drug-likeness (QED) is 0.731. The standard InChI is InChI=1S/C17H16ClFO/c1-11(2)9-12-3-5-13(6-4-12)17(20)15-10-14(18)7-8-16(15)19/h3-8,10-11H,9H2,1-2H3. The molecule has 0 radical (unpaired) electrons. The van der Waals surface area contributed by atoms with Gasteiger partial charge in [0.2, 0.25) is 0 Å². The van der Waals surface area contributed by atoms with Gasteiger partial charge in [0, 0.05) is 10.6 Å². The normalized spacial score (nSPS) is 10.8. The van der Waals surface area contributed by atoms with Gasteiger partial charge < -0.3 is 0 Å². The van der Waals surface area contributed by atoms with Crippen molar-refractivity contribution in [3.8, 4) is 0 Å². The van der Waals surface area contributed by atoms with Crippen molar-refractivity contribution < 1.29 is 9.18 Å². The minimum absolute atomic E-state index is 0.00843. The molecule has 2 aromatic carbocycles. The van der Waals surface area contributed by atoms with Gasteiger partial charge >= 0.3 is 0 Å². The maximum absolute atomic E-state index is 13.7. The minimum Gasteiger partial charge on any atom is -0.288 e. The molecule has 0 bridgehead atoms. The fourth-order valence-electron chi connectivity index (χ4n) is 2.09. The first kappa shape index (κ1) is 14.7. The maximum Gasteiger partial charge on any atom is 0.196 e. The predicted molar refractivity (Wildman–Crippen MR) is 79.8 cm³/mol. The Bertz CT molecular complexity index is 617. The Balaban J connectivity index is 2.27. The van der Waals surface area contributed by atoms with Crippen molar-refractivity contribution in [2.45, 2.75) is 20.3 Å². The van der Waals surface area contributed by atoms with Crippen LogP contribution < -0.4 is 0 Å². The molecule has 2 rings (SSSR count). The van der Waals surface area contributed by atoms with Crippen LogP contribution in [0.5, 0.6) is 0 Å². The van der Waals surface area contributed by atoms with Crippen molar-refractivity contribution >= 4 is 17.4 Å². The van der Waals surface area contributed by atoms with E-state index in [2.05, 4.69) is 13.8 Å². The summed E-state index contributed by atoms with van der Waals surface area (Å²) >= 11 is 5.81. The van der Waals surface area contributed by atoms with E-state index >= 15 is 0 Å². The summed E-state index contributed by atoms with van der Waals surface area (Å²) < 4.78 is 13.7. The summed E-state index contributed by atoms with van der Waals surface area (Å²) in [5.41, 5.74) is 1.65. The number of halogens is 2.